The highest BCUT2D eigenvalue weighted by atomic mass is 16.5. The molecule has 1 aromatic rings. The fourth-order valence-corrected chi connectivity index (χ4v) is 3.73. The number of rotatable bonds is 6. The topological polar surface area (TPSA) is 68.2 Å². The Labute approximate surface area is 137 Å². The summed E-state index contributed by atoms with van der Waals surface area (Å²) in [4.78, 5) is 16.9. The number of ether oxygens (including phenoxy) is 1. The Morgan fingerprint density at radius 2 is 2.09 bits per heavy atom. The number of nitrogens with zero attached hydrogens (tertiary/aromatic N) is 2. The number of carbonyl (C=O) groups is 1. The largest absolute Gasteiger partial charge is 0.368 e. The molecule has 23 heavy (non-hydrogen) atoms. The van der Waals surface area contributed by atoms with Crippen LogP contribution in [0.2, 0.25) is 0 Å². The summed E-state index contributed by atoms with van der Waals surface area (Å²) in [5.41, 5.74) is 0. The molecule has 1 saturated heterocycles. The summed E-state index contributed by atoms with van der Waals surface area (Å²) in [6, 6.07) is 0.346. The van der Waals surface area contributed by atoms with Crippen molar-refractivity contribution in [1.82, 2.24) is 20.2 Å². The second kappa shape index (κ2) is 6.15. The van der Waals surface area contributed by atoms with Gasteiger partial charge in [0.05, 0.1) is 6.04 Å². The third-order valence-corrected chi connectivity index (χ3v) is 5.31. The molecule has 2 N–H and O–H groups in total. The first-order chi connectivity index (χ1) is 11.3. The molecule has 0 aromatic carbocycles. The van der Waals surface area contributed by atoms with Crippen LogP contribution in [0.4, 0.5) is 4.79 Å². The van der Waals surface area contributed by atoms with Crippen LogP contribution in [0.25, 0.3) is 0 Å². The van der Waals surface area contributed by atoms with E-state index in [2.05, 4.69) is 27.1 Å². The molecule has 2 aliphatic carbocycles. The second-order valence-corrected chi connectivity index (χ2v) is 7.08. The molecule has 3 fully saturated rings. The van der Waals surface area contributed by atoms with Gasteiger partial charge < -0.3 is 19.9 Å². The third kappa shape index (κ3) is 3.22. The van der Waals surface area contributed by atoms with E-state index < -0.39 is 0 Å². The Hall–Kier alpha value is -1.56. The fraction of sp³-hybridized carbons (Fsp3) is 0.765. The van der Waals surface area contributed by atoms with Crippen molar-refractivity contribution in [1.29, 1.82) is 0 Å². The van der Waals surface area contributed by atoms with Gasteiger partial charge in [-0.15, -0.1) is 0 Å². The first-order valence-corrected chi connectivity index (χ1v) is 8.96. The summed E-state index contributed by atoms with van der Waals surface area (Å²) < 4.78 is 7.94. The number of nitrogens with one attached hydrogen (secondary N) is 2. The van der Waals surface area contributed by atoms with Crippen LogP contribution in [0.3, 0.4) is 0 Å². The lowest BCUT2D eigenvalue weighted by atomic mass is 10.1. The Balaban J connectivity index is 1.38. The first kappa shape index (κ1) is 15.0. The molecule has 2 saturated carbocycles. The van der Waals surface area contributed by atoms with E-state index in [0.717, 1.165) is 18.8 Å². The molecular weight excluding hydrogens is 292 g/mol. The maximum Gasteiger partial charge on any atom is 0.315 e. The summed E-state index contributed by atoms with van der Waals surface area (Å²) in [5, 5.41) is 6.37. The molecule has 4 rings (SSSR count). The molecule has 2 amide bonds. The number of hydrogen-bond acceptors (Lipinski definition) is 3. The van der Waals surface area contributed by atoms with Crippen LogP contribution in [0.15, 0.2) is 12.4 Å². The zero-order chi connectivity index (χ0) is 15.8. The van der Waals surface area contributed by atoms with Gasteiger partial charge in [-0.05, 0) is 50.9 Å². The van der Waals surface area contributed by atoms with E-state index in [0.29, 0.717) is 24.5 Å². The molecule has 6 heteroatoms. The van der Waals surface area contributed by atoms with E-state index in [9.17, 15) is 4.79 Å². The van der Waals surface area contributed by atoms with Crippen LogP contribution >= 0.6 is 0 Å². The first-order valence-electron chi connectivity index (χ1n) is 8.96. The predicted octanol–water partition coefficient (Wildman–Crippen LogP) is 2.22. The average Bonchev–Trinajstić information content (AvgIpc) is 3.46. The number of imidazole rings is 1. The lowest BCUT2D eigenvalue weighted by Gasteiger charge is -2.23. The SMILES string of the molecule is CCn1ccnc1[C@H]1OCC[C@@H]1NC(=O)NC(C1CC1)C1CC1. The summed E-state index contributed by atoms with van der Waals surface area (Å²) in [6.45, 7) is 3.62. The van der Waals surface area contributed by atoms with Crippen LogP contribution in [0.1, 0.15) is 51.0 Å². The van der Waals surface area contributed by atoms with Crippen molar-refractivity contribution in [2.75, 3.05) is 6.61 Å². The van der Waals surface area contributed by atoms with Crippen molar-refractivity contribution in [2.24, 2.45) is 11.8 Å². The molecule has 2 heterocycles. The van der Waals surface area contributed by atoms with Crippen LogP contribution in [-0.2, 0) is 11.3 Å². The van der Waals surface area contributed by atoms with Gasteiger partial charge in [0.15, 0.2) is 0 Å². The molecule has 0 bridgehead atoms. The van der Waals surface area contributed by atoms with E-state index >= 15 is 0 Å². The lowest BCUT2D eigenvalue weighted by molar-refractivity contribution is 0.0900. The highest BCUT2D eigenvalue weighted by Crippen LogP contribution is 2.44. The Morgan fingerprint density at radius 1 is 1.35 bits per heavy atom. The summed E-state index contributed by atoms with van der Waals surface area (Å²) in [5.74, 6) is 2.34. The molecule has 6 nitrogen and oxygen atoms in total. The predicted molar refractivity (Wildman–Crippen MR) is 85.9 cm³/mol. The van der Waals surface area contributed by atoms with Crippen molar-refractivity contribution in [2.45, 2.75) is 63.8 Å². The number of aryl methyl sites for hydroxylation is 1. The average molecular weight is 318 g/mol. The van der Waals surface area contributed by atoms with Crippen LogP contribution in [0, 0.1) is 11.8 Å². The molecule has 2 atom stereocenters. The zero-order valence-corrected chi connectivity index (χ0v) is 13.7. The molecule has 3 aliphatic rings. The summed E-state index contributed by atoms with van der Waals surface area (Å²) in [6.07, 6.45) is 9.53. The van der Waals surface area contributed by atoms with E-state index in [4.69, 9.17) is 4.74 Å². The minimum atomic E-state index is -0.143. The van der Waals surface area contributed by atoms with Gasteiger partial charge in [-0.2, -0.15) is 0 Å². The summed E-state index contributed by atoms with van der Waals surface area (Å²) >= 11 is 0. The van der Waals surface area contributed by atoms with Gasteiger partial charge in [0.1, 0.15) is 11.9 Å². The highest BCUT2D eigenvalue weighted by Gasteiger charge is 2.43. The third-order valence-electron chi connectivity index (χ3n) is 5.31. The highest BCUT2D eigenvalue weighted by molar-refractivity contribution is 5.75. The van der Waals surface area contributed by atoms with Gasteiger partial charge in [-0.3, -0.25) is 0 Å². The number of carbonyl (C=O) groups excluding carboxylic acids is 1. The fourth-order valence-electron chi connectivity index (χ4n) is 3.73. The van der Waals surface area contributed by atoms with Crippen LogP contribution in [-0.4, -0.2) is 34.3 Å². The standard InChI is InChI=1S/C17H26N4O2/c1-2-21-9-8-18-16(21)15-13(7-10-23-15)19-17(22)20-14(11-3-4-11)12-5-6-12/h8-9,11-15H,2-7,10H2,1H3,(H2,19,20,22)/t13-,15-/m0/s1. The minimum absolute atomic E-state index is 0.00163. The smallest absolute Gasteiger partial charge is 0.315 e. The van der Waals surface area contributed by atoms with E-state index in [1.54, 1.807) is 6.20 Å². The summed E-state index contributed by atoms with van der Waals surface area (Å²) in [7, 11) is 0. The maximum atomic E-state index is 12.4. The molecule has 0 spiro atoms. The van der Waals surface area contributed by atoms with E-state index in [1.165, 1.54) is 25.7 Å². The number of amides is 2. The number of aromatic nitrogens is 2. The van der Waals surface area contributed by atoms with Crippen LogP contribution < -0.4 is 10.6 Å². The minimum Gasteiger partial charge on any atom is -0.368 e. The van der Waals surface area contributed by atoms with Gasteiger partial charge in [0.25, 0.3) is 0 Å². The number of urea groups is 1. The van der Waals surface area contributed by atoms with Gasteiger partial charge in [-0.25, -0.2) is 9.78 Å². The van der Waals surface area contributed by atoms with Crippen molar-refractivity contribution in [3.63, 3.8) is 0 Å². The van der Waals surface area contributed by atoms with Crippen molar-refractivity contribution >= 4 is 6.03 Å². The second-order valence-electron chi connectivity index (χ2n) is 7.08. The van der Waals surface area contributed by atoms with Crippen molar-refractivity contribution < 1.29 is 9.53 Å². The molecular formula is C17H26N4O2. The normalized spacial score (nSPS) is 27.4. The van der Waals surface area contributed by atoms with Gasteiger partial charge in [-0.1, -0.05) is 0 Å². The van der Waals surface area contributed by atoms with Gasteiger partial charge in [0, 0.05) is 31.6 Å². The lowest BCUT2D eigenvalue weighted by Crippen LogP contribution is -2.48. The monoisotopic (exact) mass is 318 g/mol. The molecule has 0 radical (unpaired) electrons. The van der Waals surface area contributed by atoms with Gasteiger partial charge in [0.2, 0.25) is 0 Å². The quantitative estimate of drug-likeness (QED) is 0.845. The molecule has 126 valence electrons. The van der Waals surface area contributed by atoms with E-state index in [-0.39, 0.29) is 18.2 Å². The Bertz CT molecular complexity index is 553. The Morgan fingerprint density at radius 3 is 2.74 bits per heavy atom. The molecule has 1 aliphatic heterocycles. The van der Waals surface area contributed by atoms with Crippen LogP contribution in [0.5, 0.6) is 0 Å². The van der Waals surface area contributed by atoms with Gasteiger partial charge >= 0.3 is 6.03 Å². The Kier molecular flexibility index (Phi) is 4.01. The zero-order valence-electron chi connectivity index (χ0n) is 13.7. The molecule has 1 aromatic heterocycles. The maximum absolute atomic E-state index is 12.4. The molecule has 0 unspecified atom stereocenters. The van der Waals surface area contributed by atoms with Crippen molar-refractivity contribution in [3.8, 4) is 0 Å². The van der Waals surface area contributed by atoms with Crippen molar-refractivity contribution in [3.05, 3.63) is 18.2 Å². The van der Waals surface area contributed by atoms with E-state index in [1.807, 2.05) is 6.20 Å². The number of hydrogen-bond donors (Lipinski definition) is 2.